The quantitative estimate of drug-likeness (QED) is 0.558. The molecule has 126 valence electrons. The summed E-state index contributed by atoms with van der Waals surface area (Å²) in [5, 5.41) is 20.3. The van der Waals surface area contributed by atoms with Gasteiger partial charge in [-0.15, -0.1) is 11.3 Å². The monoisotopic (exact) mass is 349 g/mol. The minimum absolute atomic E-state index is 0.0294. The molecule has 1 saturated heterocycles. The van der Waals surface area contributed by atoms with Crippen molar-refractivity contribution in [2.75, 3.05) is 19.7 Å². The Morgan fingerprint density at radius 3 is 2.75 bits per heavy atom. The first-order chi connectivity index (χ1) is 11.4. The summed E-state index contributed by atoms with van der Waals surface area (Å²) in [5.41, 5.74) is 4.31. The second-order valence-electron chi connectivity index (χ2n) is 5.56. The van der Waals surface area contributed by atoms with Crippen molar-refractivity contribution in [2.45, 2.75) is 5.54 Å². The fourth-order valence-electron chi connectivity index (χ4n) is 2.48. The van der Waals surface area contributed by atoms with Crippen LogP contribution < -0.4 is 11.1 Å². The fraction of sp³-hybridized carbons (Fsp3) is 0.286. The van der Waals surface area contributed by atoms with E-state index < -0.39 is 11.4 Å². The van der Waals surface area contributed by atoms with Crippen molar-refractivity contribution in [1.29, 1.82) is 0 Å². The number of hydrogen-bond acceptors (Lipinski definition) is 6. The van der Waals surface area contributed by atoms with Crippen LogP contribution >= 0.6 is 11.3 Å². The van der Waals surface area contributed by atoms with Crippen LogP contribution in [-0.2, 0) is 0 Å². The Bertz CT molecular complexity index is 779. The number of aromatic amines is 1. The molecule has 0 bridgehead atoms. The van der Waals surface area contributed by atoms with Crippen LogP contribution in [0.5, 0.6) is 0 Å². The van der Waals surface area contributed by atoms with Gasteiger partial charge in [-0.2, -0.15) is 5.10 Å². The van der Waals surface area contributed by atoms with E-state index in [1.165, 1.54) is 22.3 Å². The lowest BCUT2D eigenvalue weighted by Gasteiger charge is -2.49. The summed E-state index contributed by atoms with van der Waals surface area (Å²) in [5.74, 6) is -1.41. The van der Waals surface area contributed by atoms with Crippen molar-refractivity contribution >= 4 is 29.1 Å². The molecule has 3 heterocycles. The van der Waals surface area contributed by atoms with Crippen LogP contribution in [0.1, 0.15) is 30.6 Å². The largest absolute Gasteiger partial charge is 0.394 e. The molecule has 0 atom stereocenters. The van der Waals surface area contributed by atoms with Gasteiger partial charge < -0.3 is 21.1 Å². The zero-order chi connectivity index (χ0) is 17.3. The third-order valence-electron chi connectivity index (χ3n) is 3.76. The van der Waals surface area contributed by atoms with Gasteiger partial charge in [-0.1, -0.05) is 6.07 Å². The van der Waals surface area contributed by atoms with Gasteiger partial charge in [-0.05, 0) is 11.4 Å². The fourth-order valence-corrected chi connectivity index (χ4v) is 3.10. The molecule has 0 aromatic carbocycles. The van der Waals surface area contributed by atoms with E-state index in [9.17, 15) is 19.5 Å². The van der Waals surface area contributed by atoms with Crippen LogP contribution in [0.25, 0.3) is 0 Å². The molecule has 0 unspecified atom stereocenters. The molecular weight excluding hydrogens is 334 g/mol. The third kappa shape index (κ3) is 2.88. The second kappa shape index (κ2) is 6.06. The highest BCUT2D eigenvalue weighted by Gasteiger charge is 2.46. The van der Waals surface area contributed by atoms with E-state index in [0.717, 1.165) is 0 Å². The first-order valence-corrected chi connectivity index (χ1v) is 7.93. The molecule has 1 fully saturated rings. The van der Waals surface area contributed by atoms with E-state index in [1.807, 2.05) is 0 Å². The highest BCUT2D eigenvalue weighted by Crippen LogP contribution is 2.23. The average molecular weight is 349 g/mol. The topological polar surface area (TPSA) is 141 Å². The van der Waals surface area contributed by atoms with Gasteiger partial charge in [0.1, 0.15) is 5.69 Å². The van der Waals surface area contributed by atoms with Crippen molar-refractivity contribution in [3.8, 4) is 0 Å². The van der Waals surface area contributed by atoms with Crippen LogP contribution in [0.3, 0.4) is 0 Å². The number of rotatable bonds is 5. The number of carbonyl (C=O) groups excluding carboxylic acids is 3. The van der Waals surface area contributed by atoms with E-state index in [2.05, 4.69) is 15.5 Å². The number of primary amides is 1. The van der Waals surface area contributed by atoms with Crippen LogP contribution in [0.4, 0.5) is 0 Å². The lowest BCUT2D eigenvalue weighted by Crippen LogP contribution is -2.73. The SMILES string of the molecule is NC(=O)c1cc(C(=O)N2CC(CO)(NC(=O)c3cccs3)C2)[nH]n1. The number of thiophene rings is 1. The summed E-state index contributed by atoms with van der Waals surface area (Å²) in [4.78, 5) is 37.4. The molecule has 5 N–H and O–H groups in total. The molecule has 24 heavy (non-hydrogen) atoms. The summed E-state index contributed by atoms with van der Waals surface area (Å²) in [7, 11) is 0. The smallest absolute Gasteiger partial charge is 0.272 e. The van der Waals surface area contributed by atoms with Crippen molar-refractivity contribution < 1.29 is 19.5 Å². The number of carbonyl (C=O) groups is 3. The molecule has 3 amide bonds. The van der Waals surface area contributed by atoms with E-state index in [0.29, 0.717) is 4.88 Å². The molecule has 0 spiro atoms. The Morgan fingerprint density at radius 1 is 1.46 bits per heavy atom. The molecule has 9 nitrogen and oxygen atoms in total. The predicted octanol–water partition coefficient (Wildman–Crippen LogP) is -0.813. The van der Waals surface area contributed by atoms with Gasteiger partial charge in [0.2, 0.25) is 0 Å². The van der Waals surface area contributed by atoms with Gasteiger partial charge in [0.15, 0.2) is 5.69 Å². The van der Waals surface area contributed by atoms with Gasteiger partial charge in [0, 0.05) is 19.2 Å². The lowest BCUT2D eigenvalue weighted by molar-refractivity contribution is 0.00488. The first kappa shape index (κ1) is 16.1. The number of nitrogens with zero attached hydrogens (tertiary/aromatic N) is 2. The number of H-pyrrole nitrogens is 1. The minimum Gasteiger partial charge on any atom is -0.394 e. The van der Waals surface area contributed by atoms with E-state index in [-0.39, 0.29) is 42.9 Å². The van der Waals surface area contributed by atoms with Crippen molar-refractivity contribution in [2.24, 2.45) is 5.73 Å². The minimum atomic E-state index is -0.872. The number of hydrogen-bond donors (Lipinski definition) is 4. The van der Waals surface area contributed by atoms with Gasteiger partial charge in [-0.3, -0.25) is 19.5 Å². The number of aliphatic hydroxyl groups is 1. The second-order valence-corrected chi connectivity index (χ2v) is 6.51. The lowest BCUT2D eigenvalue weighted by atomic mass is 9.90. The number of nitrogens with two attached hydrogens (primary N) is 1. The van der Waals surface area contributed by atoms with E-state index >= 15 is 0 Å². The number of nitrogens with one attached hydrogen (secondary N) is 2. The predicted molar refractivity (Wildman–Crippen MR) is 84.6 cm³/mol. The van der Waals surface area contributed by atoms with Crippen LogP contribution in [-0.4, -0.2) is 63.2 Å². The summed E-state index contributed by atoms with van der Waals surface area (Å²) in [6, 6.07) is 4.72. The van der Waals surface area contributed by atoms with Gasteiger partial charge in [0.25, 0.3) is 17.7 Å². The molecule has 2 aromatic rings. The third-order valence-corrected chi connectivity index (χ3v) is 4.63. The molecule has 2 aromatic heterocycles. The Hall–Kier alpha value is -2.72. The Balaban J connectivity index is 1.64. The maximum atomic E-state index is 12.3. The summed E-state index contributed by atoms with van der Waals surface area (Å²) < 4.78 is 0. The number of likely N-dealkylation sites (tertiary alicyclic amines) is 1. The molecule has 1 aliphatic rings. The molecule has 0 aliphatic carbocycles. The zero-order valence-corrected chi connectivity index (χ0v) is 13.3. The molecule has 1 aliphatic heterocycles. The number of aliphatic hydroxyl groups excluding tert-OH is 1. The van der Waals surface area contributed by atoms with Gasteiger partial charge in [-0.25, -0.2) is 0 Å². The standard InChI is InChI=1S/C14H15N5O4S/c15-11(21)8-4-9(18-17-8)13(23)19-5-14(6-19,7-20)16-12(22)10-2-1-3-24-10/h1-4,20H,5-7H2,(H2,15,21)(H,16,22)(H,17,18). The highest BCUT2D eigenvalue weighted by atomic mass is 32.1. The number of aromatic nitrogens is 2. The normalized spacial score (nSPS) is 15.6. The van der Waals surface area contributed by atoms with Crippen molar-refractivity contribution in [3.63, 3.8) is 0 Å². The molecule has 0 radical (unpaired) electrons. The van der Waals surface area contributed by atoms with Crippen molar-refractivity contribution in [1.82, 2.24) is 20.4 Å². The highest BCUT2D eigenvalue weighted by molar-refractivity contribution is 7.12. The summed E-state index contributed by atoms with van der Waals surface area (Å²) >= 11 is 1.29. The van der Waals surface area contributed by atoms with Crippen LogP contribution in [0.15, 0.2) is 23.6 Å². The summed E-state index contributed by atoms with van der Waals surface area (Å²) in [6.07, 6.45) is 0. The molecule has 10 heteroatoms. The summed E-state index contributed by atoms with van der Waals surface area (Å²) in [6.45, 7) is 0.0259. The van der Waals surface area contributed by atoms with Crippen LogP contribution in [0.2, 0.25) is 0 Å². The first-order valence-electron chi connectivity index (χ1n) is 7.05. The molecule has 3 rings (SSSR count). The Morgan fingerprint density at radius 2 is 2.21 bits per heavy atom. The maximum absolute atomic E-state index is 12.3. The molecular formula is C14H15N5O4S. The average Bonchev–Trinajstić information content (AvgIpc) is 3.20. The van der Waals surface area contributed by atoms with Crippen LogP contribution in [0, 0.1) is 0 Å². The van der Waals surface area contributed by atoms with Gasteiger partial charge in [0.05, 0.1) is 17.0 Å². The molecule has 0 saturated carbocycles. The Kier molecular flexibility index (Phi) is 4.08. The zero-order valence-electron chi connectivity index (χ0n) is 12.5. The Labute approximate surface area is 140 Å². The van der Waals surface area contributed by atoms with E-state index in [4.69, 9.17) is 5.73 Å². The van der Waals surface area contributed by atoms with E-state index in [1.54, 1.807) is 17.5 Å². The van der Waals surface area contributed by atoms with Gasteiger partial charge >= 0.3 is 0 Å². The number of amides is 3. The maximum Gasteiger partial charge on any atom is 0.272 e. The van der Waals surface area contributed by atoms with Crippen molar-refractivity contribution in [3.05, 3.63) is 39.8 Å².